The molecule has 2 bridgehead atoms. The average molecular weight is 303 g/mol. The molecule has 1 aromatic rings. The lowest BCUT2D eigenvalue weighted by atomic mass is 9.87. The summed E-state index contributed by atoms with van der Waals surface area (Å²) in [5.41, 5.74) is 0.511. The summed E-state index contributed by atoms with van der Waals surface area (Å²) in [4.78, 5) is 26.7. The molecule has 5 nitrogen and oxygen atoms in total. The van der Waals surface area contributed by atoms with Crippen LogP contribution in [0.4, 0.5) is 0 Å². The lowest BCUT2D eigenvalue weighted by Crippen LogP contribution is -2.53. The Labute approximate surface area is 130 Å². The smallest absolute Gasteiger partial charge is 0.338 e. The van der Waals surface area contributed by atoms with Gasteiger partial charge in [-0.15, -0.1) is 0 Å². The van der Waals surface area contributed by atoms with Crippen molar-refractivity contribution in [2.24, 2.45) is 5.92 Å². The SMILES string of the molecule is COC(=O)[C@H]1[C@@H](OC(=O)c2ccccc2)C[C@H]2CC[C@@H]1N2C. The fourth-order valence-corrected chi connectivity index (χ4v) is 3.77. The summed E-state index contributed by atoms with van der Waals surface area (Å²) in [6.07, 6.45) is 2.26. The molecule has 0 saturated carbocycles. The molecule has 0 N–H and O–H groups in total. The quantitative estimate of drug-likeness (QED) is 0.798. The van der Waals surface area contributed by atoms with Crippen molar-refractivity contribution in [3.63, 3.8) is 0 Å². The first-order valence-electron chi connectivity index (χ1n) is 7.67. The van der Waals surface area contributed by atoms with Gasteiger partial charge in [-0.3, -0.25) is 9.69 Å². The van der Waals surface area contributed by atoms with Gasteiger partial charge in [0, 0.05) is 18.5 Å². The van der Waals surface area contributed by atoms with Crippen molar-refractivity contribution in [2.75, 3.05) is 14.2 Å². The number of hydrogen-bond acceptors (Lipinski definition) is 5. The van der Waals surface area contributed by atoms with Crippen LogP contribution in [0.5, 0.6) is 0 Å². The second kappa shape index (κ2) is 6.08. The molecule has 118 valence electrons. The van der Waals surface area contributed by atoms with Gasteiger partial charge in [-0.25, -0.2) is 4.79 Å². The number of piperidine rings is 1. The fourth-order valence-electron chi connectivity index (χ4n) is 3.77. The van der Waals surface area contributed by atoms with Crippen LogP contribution in [-0.4, -0.2) is 49.2 Å². The Kier molecular flexibility index (Phi) is 4.16. The van der Waals surface area contributed by atoms with Crippen LogP contribution < -0.4 is 0 Å². The Morgan fingerprint density at radius 1 is 1.18 bits per heavy atom. The van der Waals surface area contributed by atoms with Gasteiger partial charge in [-0.05, 0) is 32.0 Å². The number of rotatable bonds is 3. The molecule has 2 heterocycles. The van der Waals surface area contributed by atoms with Crippen LogP contribution in [0, 0.1) is 5.92 Å². The molecule has 2 aliphatic rings. The molecule has 2 aliphatic heterocycles. The molecule has 2 saturated heterocycles. The average Bonchev–Trinajstić information content (AvgIpc) is 2.78. The summed E-state index contributed by atoms with van der Waals surface area (Å²) >= 11 is 0. The first-order chi connectivity index (χ1) is 10.6. The Morgan fingerprint density at radius 3 is 2.59 bits per heavy atom. The molecule has 0 amide bonds. The van der Waals surface area contributed by atoms with Gasteiger partial charge in [0.25, 0.3) is 0 Å². The monoisotopic (exact) mass is 303 g/mol. The molecule has 5 heteroatoms. The van der Waals surface area contributed by atoms with Gasteiger partial charge >= 0.3 is 11.9 Å². The molecule has 1 aromatic carbocycles. The highest BCUT2D eigenvalue weighted by Crippen LogP contribution is 2.40. The number of carbonyl (C=O) groups is 2. The van der Waals surface area contributed by atoms with E-state index in [0.29, 0.717) is 18.0 Å². The summed E-state index contributed by atoms with van der Waals surface area (Å²) in [5.74, 6) is -1.06. The summed E-state index contributed by atoms with van der Waals surface area (Å²) in [6.45, 7) is 0. The Hall–Kier alpha value is -1.88. The van der Waals surface area contributed by atoms with Crippen molar-refractivity contribution in [1.82, 2.24) is 4.90 Å². The molecule has 4 atom stereocenters. The molecule has 0 aliphatic carbocycles. The standard InChI is InChI=1S/C17H21NO4/c1-18-12-8-9-13(18)15(17(20)21-2)14(10-12)22-16(19)11-6-4-3-5-7-11/h3-7,12-15H,8-10H2,1-2H3/t12-,13+,14+,15-/m1/s1. The van der Waals surface area contributed by atoms with E-state index < -0.39 is 12.0 Å². The second-order valence-corrected chi connectivity index (χ2v) is 6.06. The fraction of sp³-hybridized carbons (Fsp3) is 0.529. The number of esters is 2. The predicted molar refractivity (Wildman–Crippen MR) is 80.3 cm³/mol. The largest absolute Gasteiger partial charge is 0.469 e. The number of nitrogens with zero attached hydrogens (tertiary/aromatic N) is 1. The number of methoxy groups -OCH3 is 1. The lowest BCUT2D eigenvalue weighted by molar-refractivity contribution is -0.156. The molecular weight excluding hydrogens is 282 g/mol. The van der Waals surface area contributed by atoms with Crippen LogP contribution in [0.1, 0.15) is 29.6 Å². The third-order valence-corrected chi connectivity index (χ3v) is 4.96. The van der Waals surface area contributed by atoms with Crippen molar-refractivity contribution in [3.05, 3.63) is 35.9 Å². The van der Waals surface area contributed by atoms with Crippen molar-refractivity contribution in [1.29, 1.82) is 0 Å². The normalized spacial score (nSPS) is 30.8. The summed E-state index contributed by atoms with van der Waals surface area (Å²) in [6, 6.07) is 9.36. The van der Waals surface area contributed by atoms with E-state index in [0.717, 1.165) is 12.8 Å². The topological polar surface area (TPSA) is 55.8 Å². The molecule has 2 fully saturated rings. The van der Waals surface area contributed by atoms with E-state index in [2.05, 4.69) is 4.90 Å². The van der Waals surface area contributed by atoms with Gasteiger partial charge in [0.2, 0.25) is 0 Å². The van der Waals surface area contributed by atoms with E-state index in [9.17, 15) is 9.59 Å². The first-order valence-corrected chi connectivity index (χ1v) is 7.67. The molecule has 0 aromatic heterocycles. The van der Waals surface area contributed by atoms with Crippen molar-refractivity contribution in [3.8, 4) is 0 Å². The molecule has 3 rings (SSSR count). The number of carbonyl (C=O) groups excluding carboxylic acids is 2. The lowest BCUT2D eigenvalue weighted by Gasteiger charge is -2.40. The molecule has 0 spiro atoms. The highest BCUT2D eigenvalue weighted by molar-refractivity contribution is 5.89. The second-order valence-electron chi connectivity index (χ2n) is 6.06. The van der Waals surface area contributed by atoms with Crippen LogP contribution in [0.3, 0.4) is 0 Å². The van der Waals surface area contributed by atoms with Gasteiger partial charge < -0.3 is 9.47 Å². The highest BCUT2D eigenvalue weighted by Gasteiger charge is 2.50. The van der Waals surface area contributed by atoms with Crippen molar-refractivity contribution < 1.29 is 19.1 Å². The highest BCUT2D eigenvalue weighted by atomic mass is 16.6. The predicted octanol–water partition coefficient (Wildman–Crippen LogP) is 1.87. The van der Waals surface area contributed by atoms with Crippen LogP contribution in [0.15, 0.2) is 30.3 Å². The summed E-state index contributed by atoms with van der Waals surface area (Å²) in [5, 5.41) is 0. The maximum Gasteiger partial charge on any atom is 0.338 e. The van der Waals surface area contributed by atoms with E-state index in [1.807, 2.05) is 13.1 Å². The minimum Gasteiger partial charge on any atom is -0.469 e. The number of benzene rings is 1. The Balaban J connectivity index is 1.79. The van der Waals surface area contributed by atoms with Gasteiger partial charge in [0.1, 0.15) is 12.0 Å². The van der Waals surface area contributed by atoms with E-state index in [1.165, 1.54) is 7.11 Å². The van der Waals surface area contributed by atoms with Gasteiger partial charge in [0.05, 0.1) is 12.7 Å². The van der Waals surface area contributed by atoms with E-state index in [1.54, 1.807) is 24.3 Å². The molecular formula is C17H21NO4. The zero-order valence-corrected chi connectivity index (χ0v) is 12.9. The Morgan fingerprint density at radius 2 is 1.91 bits per heavy atom. The molecule has 22 heavy (non-hydrogen) atoms. The van der Waals surface area contributed by atoms with Crippen molar-refractivity contribution in [2.45, 2.75) is 37.5 Å². The van der Waals surface area contributed by atoms with Crippen LogP contribution >= 0.6 is 0 Å². The van der Waals surface area contributed by atoms with Crippen molar-refractivity contribution >= 4 is 11.9 Å². The zero-order chi connectivity index (χ0) is 15.7. The zero-order valence-electron chi connectivity index (χ0n) is 12.9. The summed E-state index contributed by atoms with van der Waals surface area (Å²) < 4.78 is 10.6. The van der Waals surface area contributed by atoms with E-state index in [-0.39, 0.29) is 18.0 Å². The number of fused-ring (bicyclic) bond motifs is 2. The van der Waals surface area contributed by atoms with Gasteiger partial charge in [-0.1, -0.05) is 18.2 Å². The van der Waals surface area contributed by atoms with Crippen LogP contribution in [0.2, 0.25) is 0 Å². The third kappa shape index (κ3) is 2.61. The van der Waals surface area contributed by atoms with Crippen LogP contribution in [0.25, 0.3) is 0 Å². The maximum atomic E-state index is 12.3. The Bertz CT molecular complexity index is 559. The van der Waals surface area contributed by atoms with Gasteiger partial charge in [-0.2, -0.15) is 0 Å². The van der Waals surface area contributed by atoms with Crippen LogP contribution in [-0.2, 0) is 14.3 Å². The minimum absolute atomic E-state index is 0.0970. The van der Waals surface area contributed by atoms with E-state index in [4.69, 9.17) is 9.47 Å². The van der Waals surface area contributed by atoms with Gasteiger partial charge in [0.15, 0.2) is 0 Å². The maximum absolute atomic E-state index is 12.3. The number of ether oxygens (including phenoxy) is 2. The minimum atomic E-state index is -0.408. The number of hydrogen-bond donors (Lipinski definition) is 0. The summed E-state index contributed by atoms with van der Waals surface area (Å²) in [7, 11) is 3.42. The third-order valence-electron chi connectivity index (χ3n) is 4.96. The molecule has 0 unspecified atom stereocenters. The van der Waals surface area contributed by atoms with E-state index >= 15 is 0 Å². The first kappa shape index (κ1) is 15.0. The molecule has 0 radical (unpaired) electrons.